The lowest BCUT2D eigenvalue weighted by atomic mass is 9.72. The van der Waals surface area contributed by atoms with Gasteiger partial charge in [0, 0.05) is 11.1 Å². The van der Waals surface area contributed by atoms with E-state index >= 15 is 0 Å². The van der Waals surface area contributed by atoms with E-state index in [9.17, 15) is 0 Å². The van der Waals surface area contributed by atoms with Gasteiger partial charge in [0.15, 0.2) is 0 Å². The molecule has 0 spiro atoms. The molecule has 0 fully saturated rings. The first kappa shape index (κ1) is 32.0. The van der Waals surface area contributed by atoms with E-state index in [4.69, 9.17) is 4.74 Å². The third-order valence-electron chi connectivity index (χ3n) is 9.81. The van der Waals surface area contributed by atoms with Crippen LogP contribution in [0.1, 0.15) is 33.4 Å². The zero-order valence-electron chi connectivity index (χ0n) is 28.3. The largest absolute Gasteiger partial charge is 0.340 e. The molecule has 0 saturated carbocycles. The number of rotatable bonds is 10. The minimum atomic E-state index is -1.09. The molecule has 0 saturated heterocycles. The van der Waals surface area contributed by atoms with Gasteiger partial charge < -0.3 is 4.74 Å². The Morgan fingerprint density at radius 3 is 0.765 bits per heavy atom. The summed E-state index contributed by atoms with van der Waals surface area (Å²) >= 11 is 0. The van der Waals surface area contributed by atoms with Crippen molar-refractivity contribution in [2.45, 2.75) is 11.2 Å². The fraction of sp³-hybridized carbons (Fsp3) is 0.0400. The van der Waals surface area contributed by atoms with Crippen LogP contribution >= 0.6 is 0 Å². The van der Waals surface area contributed by atoms with Crippen molar-refractivity contribution in [1.82, 2.24) is 0 Å². The summed E-state index contributed by atoms with van der Waals surface area (Å²) < 4.78 is 8.47. The van der Waals surface area contributed by atoms with Gasteiger partial charge in [-0.3, -0.25) is 0 Å². The van der Waals surface area contributed by atoms with Crippen molar-refractivity contribution in [1.29, 1.82) is 0 Å². The zero-order valence-corrected chi connectivity index (χ0v) is 28.3. The van der Waals surface area contributed by atoms with Crippen LogP contribution in [0.2, 0.25) is 0 Å². The monoisotopic (exact) mass is 654 g/mol. The SMILES string of the molecule is c1ccc(-c2ccccc2C(OC(c2ccccc2)(c2ccccc2)c2ccccc2-c2ccccc2)(c2ccccc2)c2ccccc2)cc1. The first-order valence-electron chi connectivity index (χ1n) is 17.5. The van der Waals surface area contributed by atoms with Gasteiger partial charge >= 0.3 is 0 Å². The summed E-state index contributed by atoms with van der Waals surface area (Å²) in [5.74, 6) is 0. The normalized spacial score (nSPS) is 11.6. The van der Waals surface area contributed by atoms with Gasteiger partial charge in [-0.25, -0.2) is 0 Å². The Morgan fingerprint density at radius 2 is 0.471 bits per heavy atom. The fourth-order valence-corrected chi connectivity index (χ4v) is 7.54. The van der Waals surface area contributed by atoms with E-state index in [0.717, 1.165) is 55.6 Å². The van der Waals surface area contributed by atoms with Crippen LogP contribution in [0.5, 0.6) is 0 Å². The molecule has 8 aromatic rings. The molecule has 8 aromatic carbocycles. The zero-order chi connectivity index (χ0) is 34.4. The van der Waals surface area contributed by atoms with Gasteiger partial charge in [-0.15, -0.1) is 0 Å². The predicted molar refractivity (Wildman–Crippen MR) is 210 cm³/mol. The molecule has 1 nitrogen and oxygen atoms in total. The average Bonchev–Trinajstić information content (AvgIpc) is 3.24. The first-order valence-corrected chi connectivity index (χ1v) is 17.5. The van der Waals surface area contributed by atoms with Gasteiger partial charge in [-0.2, -0.15) is 0 Å². The fourth-order valence-electron chi connectivity index (χ4n) is 7.54. The van der Waals surface area contributed by atoms with Crippen LogP contribution in [0.15, 0.2) is 231 Å². The maximum atomic E-state index is 8.47. The van der Waals surface area contributed by atoms with Gasteiger partial charge in [-0.05, 0) is 44.5 Å². The summed E-state index contributed by atoms with van der Waals surface area (Å²) in [4.78, 5) is 0. The summed E-state index contributed by atoms with van der Waals surface area (Å²) in [7, 11) is 0. The van der Waals surface area contributed by atoms with Crippen LogP contribution in [-0.4, -0.2) is 0 Å². The average molecular weight is 655 g/mol. The molecule has 1 heteroatoms. The van der Waals surface area contributed by atoms with E-state index in [1.807, 2.05) is 0 Å². The minimum Gasteiger partial charge on any atom is -0.340 e. The molecule has 0 aliphatic rings. The number of hydrogen-bond acceptors (Lipinski definition) is 1. The van der Waals surface area contributed by atoms with Crippen LogP contribution in [0.4, 0.5) is 0 Å². The highest BCUT2D eigenvalue weighted by molar-refractivity contribution is 5.74. The molecule has 0 radical (unpaired) electrons. The molecule has 244 valence electrons. The Kier molecular flexibility index (Phi) is 8.95. The molecule has 0 N–H and O–H groups in total. The summed E-state index contributed by atoms with van der Waals surface area (Å²) in [5.41, 5.74) is 8.54. The Morgan fingerprint density at radius 1 is 0.235 bits per heavy atom. The summed E-state index contributed by atoms with van der Waals surface area (Å²) in [6.07, 6.45) is 0. The second-order valence-corrected chi connectivity index (χ2v) is 12.8. The standard InChI is InChI=1S/C50H38O/c1-7-23-39(24-8-1)45-35-19-21-37-47(45)49(41-27-11-3-12-28-41,42-29-13-4-14-30-42)51-50(43-31-15-5-16-32-43,44-33-17-6-18-34-44)48-38-22-20-36-46(48)40-25-9-2-10-26-40/h1-38H. The highest BCUT2D eigenvalue weighted by Gasteiger charge is 2.50. The molecular weight excluding hydrogens is 617 g/mol. The molecule has 0 atom stereocenters. The van der Waals surface area contributed by atoms with Crippen LogP contribution in [0.25, 0.3) is 22.3 Å². The molecule has 0 heterocycles. The lowest BCUT2D eigenvalue weighted by molar-refractivity contribution is -0.0804. The molecule has 0 unspecified atom stereocenters. The van der Waals surface area contributed by atoms with E-state index in [2.05, 4.69) is 231 Å². The number of hydrogen-bond donors (Lipinski definition) is 0. The molecule has 8 rings (SSSR count). The van der Waals surface area contributed by atoms with Gasteiger partial charge in [-0.1, -0.05) is 231 Å². The minimum absolute atomic E-state index is 1.04. The van der Waals surface area contributed by atoms with Gasteiger partial charge in [0.1, 0.15) is 11.2 Å². The first-order chi connectivity index (χ1) is 25.3. The lowest BCUT2D eigenvalue weighted by Crippen LogP contribution is -2.45. The Balaban J connectivity index is 1.56. The molecule has 51 heavy (non-hydrogen) atoms. The lowest BCUT2D eigenvalue weighted by Gasteiger charge is -2.47. The van der Waals surface area contributed by atoms with E-state index in [1.54, 1.807) is 0 Å². The van der Waals surface area contributed by atoms with Crippen LogP contribution in [0.3, 0.4) is 0 Å². The summed E-state index contributed by atoms with van der Waals surface area (Å²) in [6.45, 7) is 0. The Bertz CT molecular complexity index is 2050. The second kappa shape index (κ2) is 14.3. The van der Waals surface area contributed by atoms with Crippen molar-refractivity contribution >= 4 is 0 Å². The maximum absolute atomic E-state index is 8.47. The second-order valence-electron chi connectivity index (χ2n) is 12.8. The Hall–Kier alpha value is -6.28. The van der Waals surface area contributed by atoms with Crippen LogP contribution in [-0.2, 0) is 15.9 Å². The van der Waals surface area contributed by atoms with E-state index in [0.29, 0.717) is 0 Å². The van der Waals surface area contributed by atoms with Crippen molar-refractivity contribution in [3.05, 3.63) is 264 Å². The van der Waals surface area contributed by atoms with Gasteiger partial charge in [0.25, 0.3) is 0 Å². The van der Waals surface area contributed by atoms with Crippen molar-refractivity contribution in [2.75, 3.05) is 0 Å². The molecule has 0 aliphatic heterocycles. The van der Waals surface area contributed by atoms with Gasteiger partial charge in [0.05, 0.1) is 0 Å². The van der Waals surface area contributed by atoms with Crippen molar-refractivity contribution in [2.24, 2.45) is 0 Å². The molecule has 0 amide bonds. The molecule has 0 aliphatic carbocycles. The van der Waals surface area contributed by atoms with Crippen LogP contribution < -0.4 is 0 Å². The Labute approximate surface area is 301 Å². The van der Waals surface area contributed by atoms with Crippen molar-refractivity contribution < 1.29 is 4.74 Å². The third kappa shape index (κ3) is 5.88. The van der Waals surface area contributed by atoms with E-state index in [1.165, 1.54) is 0 Å². The predicted octanol–water partition coefficient (Wildman–Crippen LogP) is 12.3. The highest BCUT2D eigenvalue weighted by atomic mass is 16.5. The molecule has 0 bridgehead atoms. The van der Waals surface area contributed by atoms with E-state index in [-0.39, 0.29) is 0 Å². The quantitative estimate of drug-likeness (QED) is 0.133. The summed E-state index contributed by atoms with van der Waals surface area (Å²) in [6, 6.07) is 81.7. The van der Waals surface area contributed by atoms with Crippen molar-refractivity contribution in [3.63, 3.8) is 0 Å². The van der Waals surface area contributed by atoms with Crippen LogP contribution in [0, 0.1) is 0 Å². The highest BCUT2D eigenvalue weighted by Crippen LogP contribution is 2.54. The van der Waals surface area contributed by atoms with Crippen molar-refractivity contribution in [3.8, 4) is 22.3 Å². The number of benzene rings is 8. The molecular formula is C50H38O. The maximum Gasteiger partial charge on any atom is 0.146 e. The number of ether oxygens (including phenoxy) is 1. The topological polar surface area (TPSA) is 9.23 Å². The summed E-state index contributed by atoms with van der Waals surface area (Å²) in [5, 5.41) is 0. The van der Waals surface area contributed by atoms with Gasteiger partial charge in [0.2, 0.25) is 0 Å². The molecule has 0 aromatic heterocycles. The smallest absolute Gasteiger partial charge is 0.146 e. The van der Waals surface area contributed by atoms with E-state index < -0.39 is 11.2 Å². The third-order valence-corrected chi connectivity index (χ3v) is 9.81.